The lowest BCUT2D eigenvalue weighted by Crippen LogP contribution is -2.28. The summed E-state index contributed by atoms with van der Waals surface area (Å²) in [5, 5.41) is 4.99. The Bertz CT molecular complexity index is 615. The van der Waals surface area contributed by atoms with Crippen molar-refractivity contribution in [2.24, 2.45) is 5.92 Å². The minimum atomic E-state index is -0.775. The molecule has 3 rings (SSSR count). The summed E-state index contributed by atoms with van der Waals surface area (Å²) in [6, 6.07) is 1.68. The van der Waals surface area contributed by atoms with Crippen molar-refractivity contribution in [3.05, 3.63) is 34.4 Å². The number of amides is 2. The molecule has 2 fully saturated rings. The molecule has 0 radical (unpaired) electrons. The topological polar surface area (TPSA) is 67.4 Å². The molecule has 8 heteroatoms. The largest absolute Gasteiger partial charge is 0.450 e. The Hall–Kier alpha value is -1.89. The lowest BCUT2D eigenvalue weighted by Gasteiger charge is -2.24. The zero-order valence-corrected chi connectivity index (χ0v) is 15.2. The number of benzene rings is 1. The fraction of sp³-hybridized carbons (Fsp3) is 0.556. The standard InChI is InChI=1S/C13H14ClF2NO.C5H9NO2/c14-9-5-6-10(15)11(12(9)16)13(17-7-18)8-3-1-2-4-8;7-5-6-3-1-2-4-8-5/h5-8,13H,1-4H2,(H,17,18);1-4H2,(H,6,7). The van der Waals surface area contributed by atoms with E-state index < -0.39 is 17.7 Å². The van der Waals surface area contributed by atoms with Crippen molar-refractivity contribution in [2.75, 3.05) is 13.2 Å². The Labute approximate surface area is 156 Å². The summed E-state index contributed by atoms with van der Waals surface area (Å²) in [5.41, 5.74) is -0.124. The molecule has 1 saturated carbocycles. The third-order valence-corrected chi connectivity index (χ3v) is 4.87. The summed E-state index contributed by atoms with van der Waals surface area (Å²) in [4.78, 5) is 21.0. The van der Waals surface area contributed by atoms with E-state index in [1.54, 1.807) is 0 Å². The molecule has 5 nitrogen and oxygen atoms in total. The highest BCUT2D eigenvalue weighted by molar-refractivity contribution is 6.30. The Kier molecular flexibility index (Phi) is 8.09. The van der Waals surface area contributed by atoms with Gasteiger partial charge < -0.3 is 15.4 Å². The van der Waals surface area contributed by atoms with Crippen LogP contribution in [0, 0.1) is 17.6 Å². The number of ether oxygens (including phenoxy) is 1. The van der Waals surface area contributed by atoms with Crippen LogP contribution in [0.1, 0.15) is 50.1 Å². The van der Waals surface area contributed by atoms with Crippen LogP contribution in [-0.2, 0) is 9.53 Å². The van der Waals surface area contributed by atoms with Crippen LogP contribution in [0.4, 0.5) is 13.6 Å². The quantitative estimate of drug-likeness (QED) is 0.602. The van der Waals surface area contributed by atoms with Crippen molar-refractivity contribution in [1.82, 2.24) is 10.6 Å². The first-order valence-corrected chi connectivity index (χ1v) is 9.16. The molecule has 1 aromatic rings. The first-order chi connectivity index (χ1) is 12.5. The van der Waals surface area contributed by atoms with Gasteiger partial charge in [0.1, 0.15) is 11.6 Å². The molecule has 1 aliphatic carbocycles. The normalized spacial score (nSPS) is 18.7. The average Bonchev–Trinajstić information content (AvgIpc) is 3.05. The fourth-order valence-electron chi connectivity index (χ4n) is 3.28. The smallest absolute Gasteiger partial charge is 0.407 e. The zero-order chi connectivity index (χ0) is 18.9. The number of hydrogen-bond acceptors (Lipinski definition) is 3. The van der Waals surface area contributed by atoms with Gasteiger partial charge in [0.15, 0.2) is 0 Å². The van der Waals surface area contributed by atoms with Crippen LogP contribution >= 0.6 is 11.6 Å². The van der Waals surface area contributed by atoms with Crippen molar-refractivity contribution >= 4 is 24.1 Å². The molecular weight excluding hydrogens is 366 g/mol. The van der Waals surface area contributed by atoms with E-state index in [2.05, 4.69) is 15.4 Å². The first kappa shape index (κ1) is 20.4. The highest BCUT2D eigenvalue weighted by atomic mass is 35.5. The van der Waals surface area contributed by atoms with Crippen molar-refractivity contribution in [2.45, 2.75) is 44.6 Å². The Balaban J connectivity index is 0.000000254. The van der Waals surface area contributed by atoms with E-state index >= 15 is 0 Å². The molecule has 1 aromatic carbocycles. The van der Waals surface area contributed by atoms with E-state index in [1.807, 2.05) is 0 Å². The van der Waals surface area contributed by atoms with Gasteiger partial charge in [0.25, 0.3) is 0 Å². The van der Waals surface area contributed by atoms with Gasteiger partial charge >= 0.3 is 6.09 Å². The van der Waals surface area contributed by atoms with Gasteiger partial charge in [-0.1, -0.05) is 24.4 Å². The molecule has 144 valence electrons. The molecular formula is C18H23ClF2N2O3. The predicted molar refractivity (Wildman–Crippen MR) is 93.9 cm³/mol. The van der Waals surface area contributed by atoms with Crippen molar-refractivity contribution in [3.63, 3.8) is 0 Å². The Morgan fingerprint density at radius 2 is 1.96 bits per heavy atom. The number of carbonyl (C=O) groups is 2. The van der Waals surface area contributed by atoms with Crippen molar-refractivity contribution in [3.8, 4) is 0 Å². The number of halogens is 3. The van der Waals surface area contributed by atoms with E-state index in [9.17, 15) is 18.4 Å². The number of cyclic esters (lactones) is 1. The zero-order valence-electron chi connectivity index (χ0n) is 14.4. The SMILES string of the molecule is O=C1NCCCCO1.O=CNC(c1c(F)ccc(Cl)c1F)C1CCCC1. The van der Waals surface area contributed by atoms with Crippen LogP contribution in [0.25, 0.3) is 0 Å². The third kappa shape index (κ3) is 5.56. The number of alkyl carbamates (subject to hydrolysis) is 1. The highest BCUT2D eigenvalue weighted by Gasteiger charge is 2.31. The van der Waals surface area contributed by atoms with Gasteiger partial charge in [0.2, 0.25) is 6.41 Å². The van der Waals surface area contributed by atoms with Crippen LogP contribution in [0.15, 0.2) is 12.1 Å². The maximum Gasteiger partial charge on any atom is 0.407 e. The molecule has 0 aromatic heterocycles. The molecule has 2 aliphatic rings. The van der Waals surface area contributed by atoms with Crippen molar-refractivity contribution in [1.29, 1.82) is 0 Å². The molecule has 1 atom stereocenters. The van der Waals surface area contributed by atoms with E-state index in [4.69, 9.17) is 11.6 Å². The van der Waals surface area contributed by atoms with Crippen LogP contribution < -0.4 is 10.6 Å². The van der Waals surface area contributed by atoms with Crippen LogP contribution in [0.5, 0.6) is 0 Å². The molecule has 1 heterocycles. The number of hydrogen-bond donors (Lipinski definition) is 2. The minimum absolute atomic E-state index is 0.0673. The second-order valence-electron chi connectivity index (χ2n) is 6.33. The van der Waals surface area contributed by atoms with Crippen LogP contribution in [0.3, 0.4) is 0 Å². The maximum absolute atomic E-state index is 14.0. The van der Waals surface area contributed by atoms with E-state index in [1.165, 1.54) is 6.07 Å². The number of rotatable bonds is 4. The highest BCUT2D eigenvalue weighted by Crippen LogP contribution is 2.38. The molecule has 26 heavy (non-hydrogen) atoms. The van der Waals surface area contributed by atoms with Gasteiger partial charge in [0, 0.05) is 12.1 Å². The lowest BCUT2D eigenvalue weighted by atomic mass is 9.91. The second-order valence-corrected chi connectivity index (χ2v) is 6.74. The maximum atomic E-state index is 14.0. The summed E-state index contributed by atoms with van der Waals surface area (Å²) in [6.45, 7) is 1.34. The van der Waals surface area contributed by atoms with Gasteiger partial charge in [-0.3, -0.25) is 4.79 Å². The summed E-state index contributed by atoms with van der Waals surface area (Å²) in [6.07, 6.45) is 5.99. The summed E-state index contributed by atoms with van der Waals surface area (Å²) in [5.74, 6) is -1.37. The van der Waals surface area contributed by atoms with E-state index in [-0.39, 0.29) is 22.6 Å². The first-order valence-electron chi connectivity index (χ1n) is 8.78. The van der Waals surface area contributed by atoms with E-state index in [0.29, 0.717) is 13.0 Å². The fourth-order valence-corrected chi connectivity index (χ4v) is 3.45. The van der Waals surface area contributed by atoms with Gasteiger partial charge in [-0.15, -0.1) is 0 Å². The van der Waals surface area contributed by atoms with Crippen LogP contribution in [-0.4, -0.2) is 25.7 Å². The van der Waals surface area contributed by atoms with Gasteiger partial charge in [-0.05, 0) is 43.7 Å². The minimum Gasteiger partial charge on any atom is -0.450 e. The summed E-state index contributed by atoms with van der Waals surface area (Å²) in [7, 11) is 0. The molecule has 2 N–H and O–H groups in total. The Morgan fingerprint density at radius 3 is 2.65 bits per heavy atom. The summed E-state index contributed by atoms with van der Waals surface area (Å²) >= 11 is 5.68. The molecule has 1 aliphatic heterocycles. The second kappa shape index (κ2) is 10.3. The van der Waals surface area contributed by atoms with Gasteiger partial charge in [-0.25, -0.2) is 13.6 Å². The molecule has 0 bridgehead atoms. The molecule has 2 amide bonds. The molecule has 1 unspecified atom stereocenters. The van der Waals surface area contributed by atoms with Crippen LogP contribution in [0.2, 0.25) is 5.02 Å². The average molecular weight is 389 g/mol. The van der Waals surface area contributed by atoms with Crippen molar-refractivity contribution < 1.29 is 23.1 Å². The van der Waals surface area contributed by atoms with E-state index in [0.717, 1.165) is 51.1 Å². The molecule has 1 saturated heterocycles. The molecule has 0 spiro atoms. The van der Waals surface area contributed by atoms with Gasteiger partial charge in [-0.2, -0.15) is 0 Å². The monoisotopic (exact) mass is 388 g/mol. The van der Waals surface area contributed by atoms with Gasteiger partial charge in [0.05, 0.1) is 17.7 Å². The number of carbonyl (C=O) groups excluding carboxylic acids is 2. The predicted octanol–water partition coefficient (Wildman–Crippen LogP) is 4.10. The number of nitrogens with one attached hydrogen (secondary N) is 2. The summed E-state index contributed by atoms with van der Waals surface area (Å²) < 4.78 is 32.4. The Morgan fingerprint density at radius 1 is 1.23 bits per heavy atom. The third-order valence-electron chi connectivity index (χ3n) is 4.58. The lowest BCUT2D eigenvalue weighted by molar-refractivity contribution is -0.110.